The van der Waals surface area contributed by atoms with E-state index in [-0.39, 0.29) is 5.41 Å². The van der Waals surface area contributed by atoms with Crippen LogP contribution in [0.15, 0.2) is 91.3 Å². The molecular formula is C39H53FN2. The average molecular weight is 569 g/mol. The minimum Gasteiger partial charge on any atom is -0.387 e. The van der Waals surface area contributed by atoms with E-state index in [1.165, 1.54) is 47.1 Å². The van der Waals surface area contributed by atoms with Crippen molar-refractivity contribution in [2.45, 2.75) is 97.7 Å². The summed E-state index contributed by atoms with van der Waals surface area (Å²) in [7, 11) is 1.89. The zero-order valence-electron chi connectivity index (χ0n) is 27.4. The van der Waals surface area contributed by atoms with Crippen LogP contribution < -0.4 is 5.32 Å². The Morgan fingerprint density at radius 1 is 0.929 bits per heavy atom. The average Bonchev–Trinajstić information content (AvgIpc) is 3.45. The standard InChI is InChI=1S/C28H33F.C11H20N2/c1-7-23-17-24(14-13-21(23)3)28(6,19-22-11-9-8-10-12-22)26-16-20(2)15-25(18-26)27(4,5)29;1-5-11-7-6-8-13(11)10(3)9(2)12-4/h8-18H,7,19H2,1-6H3;11-12H,2-3,5-8H2,1,4H3/t28-;11-/m00/s1. The minimum absolute atomic E-state index is 0.245. The second kappa shape index (κ2) is 14.2. The summed E-state index contributed by atoms with van der Waals surface area (Å²) in [6.45, 7) is 23.4. The largest absolute Gasteiger partial charge is 0.387 e. The quantitative estimate of drug-likeness (QED) is 0.245. The van der Waals surface area contributed by atoms with E-state index in [1.807, 2.05) is 13.1 Å². The fourth-order valence-corrected chi connectivity index (χ4v) is 6.15. The van der Waals surface area contributed by atoms with Crippen molar-refractivity contribution in [2.75, 3.05) is 13.6 Å². The Bertz CT molecular complexity index is 1350. The van der Waals surface area contributed by atoms with Crippen molar-refractivity contribution in [3.8, 4) is 0 Å². The lowest BCUT2D eigenvalue weighted by Gasteiger charge is -2.33. The van der Waals surface area contributed by atoms with Crippen LogP contribution in [0.1, 0.15) is 92.8 Å². The molecule has 3 aromatic carbocycles. The minimum atomic E-state index is -1.36. The van der Waals surface area contributed by atoms with Gasteiger partial charge in [0.2, 0.25) is 0 Å². The van der Waals surface area contributed by atoms with Gasteiger partial charge >= 0.3 is 0 Å². The summed E-state index contributed by atoms with van der Waals surface area (Å²) < 4.78 is 14.9. The van der Waals surface area contributed by atoms with Crippen LogP contribution >= 0.6 is 0 Å². The molecule has 0 saturated carbocycles. The summed E-state index contributed by atoms with van der Waals surface area (Å²) in [4.78, 5) is 2.37. The topological polar surface area (TPSA) is 15.3 Å². The van der Waals surface area contributed by atoms with Gasteiger partial charge in [-0.3, -0.25) is 0 Å². The van der Waals surface area contributed by atoms with Gasteiger partial charge in [-0.15, -0.1) is 0 Å². The second-order valence-corrected chi connectivity index (χ2v) is 12.6. The van der Waals surface area contributed by atoms with E-state index in [9.17, 15) is 4.39 Å². The maximum Gasteiger partial charge on any atom is 0.130 e. The molecule has 3 aromatic rings. The first-order valence-corrected chi connectivity index (χ1v) is 15.6. The number of benzene rings is 3. The van der Waals surface area contributed by atoms with Crippen LogP contribution in [0.4, 0.5) is 4.39 Å². The van der Waals surface area contributed by atoms with Gasteiger partial charge in [0.1, 0.15) is 5.67 Å². The third kappa shape index (κ3) is 7.94. The van der Waals surface area contributed by atoms with Crippen LogP contribution in [-0.4, -0.2) is 24.5 Å². The van der Waals surface area contributed by atoms with Crippen molar-refractivity contribution in [1.29, 1.82) is 0 Å². The molecule has 0 amide bonds. The van der Waals surface area contributed by atoms with Crippen molar-refractivity contribution < 1.29 is 4.39 Å². The van der Waals surface area contributed by atoms with Gasteiger partial charge in [-0.1, -0.05) is 106 Å². The Balaban J connectivity index is 0.000000312. The monoisotopic (exact) mass is 568 g/mol. The molecule has 4 rings (SSSR count). The van der Waals surface area contributed by atoms with Gasteiger partial charge < -0.3 is 10.2 Å². The summed E-state index contributed by atoms with van der Waals surface area (Å²) in [5.41, 5.74) is 8.70. The van der Waals surface area contributed by atoms with Gasteiger partial charge in [0.05, 0.1) is 5.70 Å². The first kappa shape index (κ1) is 33.2. The van der Waals surface area contributed by atoms with Gasteiger partial charge in [0.15, 0.2) is 0 Å². The number of aryl methyl sites for hydroxylation is 3. The molecule has 2 atom stereocenters. The van der Waals surface area contributed by atoms with E-state index in [2.05, 4.69) is 119 Å². The number of hydrogen-bond donors (Lipinski definition) is 1. The van der Waals surface area contributed by atoms with E-state index in [4.69, 9.17) is 0 Å². The molecule has 0 spiro atoms. The van der Waals surface area contributed by atoms with Crippen LogP contribution in [-0.2, 0) is 23.9 Å². The van der Waals surface area contributed by atoms with E-state index in [0.717, 1.165) is 41.9 Å². The van der Waals surface area contributed by atoms with Crippen molar-refractivity contribution in [2.24, 2.45) is 0 Å². The molecule has 0 radical (unpaired) electrons. The third-order valence-electron chi connectivity index (χ3n) is 9.01. The second-order valence-electron chi connectivity index (χ2n) is 12.6. The molecule has 3 heteroatoms. The number of rotatable bonds is 10. The van der Waals surface area contributed by atoms with Crippen molar-refractivity contribution >= 4 is 0 Å². The number of halogens is 1. The first-order valence-electron chi connectivity index (χ1n) is 15.6. The Morgan fingerprint density at radius 3 is 2.19 bits per heavy atom. The van der Waals surface area contributed by atoms with Gasteiger partial charge in [0.25, 0.3) is 0 Å². The molecule has 1 aliphatic heterocycles. The van der Waals surface area contributed by atoms with Gasteiger partial charge in [-0.25, -0.2) is 4.39 Å². The predicted molar refractivity (Wildman–Crippen MR) is 180 cm³/mol. The fourth-order valence-electron chi connectivity index (χ4n) is 6.15. The molecule has 0 aliphatic carbocycles. The van der Waals surface area contributed by atoms with Crippen LogP contribution in [0, 0.1) is 13.8 Å². The number of alkyl halides is 1. The lowest BCUT2D eigenvalue weighted by atomic mass is 9.70. The van der Waals surface area contributed by atoms with Gasteiger partial charge in [-0.05, 0) is 93.2 Å². The molecule has 2 nitrogen and oxygen atoms in total. The molecule has 1 fully saturated rings. The van der Waals surface area contributed by atoms with Crippen molar-refractivity contribution in [3.63, 3.8) is 0 Å². The summed E-state index contributed by atoms with van der Waals surface area (Å²) in [6, 6.07) is 24.4. The molecule has 0 unspecified atom stereocenters. The molecule has 42 heavy (non-hydrogen) atoms. The van der Waals surface area contributed by atoms with Crippen LogP contribution in [0.5, 0.6) is 0 Å². The van der Waals surface area contributed by atoms with Crippen LogP contribution in [0.2, 0.25) is 0 Å². The Morgan fingerprint density at radius 2 is 1.60 bits per heavy atom. The maximum absolute atomic E-state index is 14.9. The summed E-state index contributed by atoms with van der Waals surface area (Å²) in [5.74, 6) is 0. The predicted octanol–water partition coefficient (Wildman–Crippen LogP) is 9.73. The lowest BCUT2D eigenvalue weighted by molar-refractivity contribution is 0.221. The number of likely N-dealkylation sites (N-methyl/N-ethyl adjacent to an activating group) is 1. The summed E-state index contributed by atoms with van der Waals surface area (Å²) in [5, 5.41) is 3.05. The van der Waals surface area contributed by atoms with E-state index in [1.54, 1.807) is 13.8 Å². The highest BCUT2D eigenvalue weighted by molar-refractivity contribution is 5.47. The molecular weight excluding hydrogens is 515 g/mol. The highest BCUT2D eigenvalue weighted by atomic mass is 19.1. The Labute approximate surface area is 255 Å². The molecule has 1 saturated heterocycles. The molecule has 0 aromatic heterocycles. The van der Waals surface area contributed by atoms with Crippen LogP contribution in [0.3, 0.4) is 0 Å². The van der Waals surface area contributed by atoms with Crippen molar-refractivity contribution in [3.05, 3.63) is 130 Å². The molecule has 0 bridgehead atoms. The van der Waals surface area contributed by atoms with Gasteiger partial charge in [0, 0.05) is 30.7 Å². The van der Waals surface area contributed by atoms with E-state index < -0.39 is 5.67 Å². The molecule has 1 aliphatic rings. The smallest absolute Gasteiger partial charge is 0.130 e. The normalized spacial score (nSPS) is 16.3. The third-order valence-corrected chi connectivity index (χ3v) is 9.01. The number of likely N-dealkylation sites (tertiary alicyclic amines) is 1. The number of hydrogen-bond acceptors (Lipinski definition) is 2. The highest BCUT2D eigenvalue weighted by Gasteiger charge is 2.32. The summed E-state index contributed by atoms with van der Waals surface area (Å²) >= 11 is 0. The highest BCUT2D eigenvalue weighted by Crippen LogP contribution is 2.39. The van der Waals surface area contributed by atoms with E-state index >= 15 is 0 Å². The summed E-state index contributed by atoms with van der Waals surface area (Å²) in [6.07, 6.45) is 5.67. The fraction of sp³-hybridized carbons (Fsp3) is 0.436. The van der Waals surface area contributed by atoms with Gasteiger partial charge in [-0.2, -0.15) is 0 Å². The Kier molecular flexibility index (Phi) is 11.2. The maximum atomic E-state index is 14.9. The SMILES string of the molecule is C=C(NC)C(=C)N1CCC[C@@H]1CC.CCc1cc([C@](C)(Cc2ccccc2)c2cc(C)cc(C(C)(C)F)c2)ccc1C. The zero-order chi connectivity index (χ0) is 31.1. The first-order chi connectivity index (χ1) is 19.8. The molecule has 1 heterocycles. The Hall–Kier alpha value is -3.33. The molecule has 226 valence electrons. The zero-order valence-corrected chi connectivity index (χ0v) is 27.4. The molecule has 1 N–H and O–H groups in total. The number of nitrogens with one attached hydrogen (secondary N) is 1. The van der Waals surface area contributed by atoms with Crippen LogP contribution in [0.25, 0.3) is 0 Å². The van der Waals surface area contributed by atoms with E-state index in [0.29, 0.717) is 6.04 Å². The number of nitrogens with zero attached hydrogens (tertiary/aromatic N) is 1. The lowest BCUT2D eigenvalue weighted by Crippen LogP contribution is -2.30. The van der Waals surface area contributed by atoms with Crippen molar-refractivity contribution in [1.82, 2.24) is 10.2 Å².